The van der Waals surface area contributed by atoms with Gasteiger partial charge in [-0.1, -0.05) is 13.3 Å². The number of nitrogens with zero attached hydrogens (tertiary/aromatic N) is 2. The summed E-state index contributed by atoms with van der Waals surface area (Å²) in [4.78, 5) is 9.01. The van der Waals surface area contributed by atoms with Crippen LogP contribution in [0.1, 0.15) is 26.2 Å². The van der Waals surface area contributed by atoms with Gasteiger partial charge < -0.3 is 5.11 Å². The molecule has 0 aliphatic carbocycles. The fourth-order valence-electron chi connectivity index (χ4n) is 1.27. The van der Waals surface area contributed by atoms with Crippen molar-refractivity contribution in [1.29, 1.82) is 0 Å². The summed E-state index contributed by atoms with van der Waals surface area (Å²) in [5, 5.41) is 9.38. The number of hydrogen-bond donors (Lipinski definition) is 1. The number of aliphatic hydroxyl groups is 1. The Balaban J connectivity index is 2.46. The second-order valence-electron chi connectivity index (χ2n) is 3.11. The van der Waals surface area contributed by atoms with Crippen LogP contribution in [0.3, 0.4) is 0 Å². The van der Waals surface area contributed by atoms with E-state index in [4.69, 9.17) is 5.11 Å². The van der Waals surface area contributed by atoms with Gasteiger partial charge in [0.15, 0.2) is 0 Å². The van der Waals surface area contributed by atoms with Crippen molar-refractivity contribution in [2.45, 2.75) is 36.3 Å². The first-order valence-corrected chi connectivity index (χ1v) is 5.77. The van der Waals surface area contributed by atoms with E-state index in [-0.39, 0.29) is 6.61 Å². The Labute approximate surface area is 89.0 Å². The molecular weight excluding hydrogens is 196 g/mol. The van der Waals surface area contributed by atoms with Gasteiger partial charge in [-0.2, -0.15) is 0 Å². The van der Waals surface area contributed by atoms with E-state index in [2.05, 4.69) is 16.9 Å². The van der Waals surface area contributed by atoms with Crippen LogP contribution in [0, 0.1) is 0 Å². The third-order valence-electron chi connectivity index (χ3n) is 1.90. The van der Waals surface area contributed by atoms with Crippen molar-refractivity contribution >= 4 is 11.8 Å². The molecule has 1 atom stereocenters. The minimum absolute atomic E-state index is 0.255. The molecule has 1 aromatic rings. The molecule has 1 N–H and O–H groups in total. The molecule has 1 unspecified atom stereocenters. The average molecular weight is 212 g/mol. The number of hydrogen-bond acceptors (Lipinski definition) is 4. The van der Waals surface area contributed by atoms with Gasteiger partial charge in [0.05, 0.1) is 0 Å². The second kappa shape index (κ2) is 6.79. The molecule has 4 heteroatoms. The fourth-order valence-corrected chi connectivity index (χ4v) is 2.47. The third kappa shape index (κ3) is 4.07. The van der Waals surface area contributed by atoms with Crippen molar-refractivity contribution in [1.82, 2.24) is 9.97 Å². The highest BCUT2D eigenvalue weighted by Gasteiger charge is 2.08. The Morgan fingerprint density at radius 1 is 1.36 bits per heavy atom. The largest absolute Gasteiger partial charge is 0.396 e. The molecule has 14 heavy (non-hydrogen) atoms. The van der Waals surface area contributed by atoms with Crippen LogP contribution in [0.2, 0.25) is 0 Å². The third-order valence-corrected chi connectivity index (χ3v) is 3.19. The summed E-state index contributed by atoms with van der Waals surface area (Å²) in [5.74, 6) is 0. The number of aromatic nitrogens is 2. The summed E-state index contributed by atoms with van der Waals surface area (Å²) in [6.07, 6.45) is 8.28. The molecular formula is C10H16N2OS. The Hall–Kier alpha value is -0.610. The zero-order valence-electron chi connectivity index (χ0n) is 8.39. The first-order chi connectivity index (χ1) is 6.86. The Kier molecular flexibility index (Phi) is 5.56. The lowest BCUT2D eigenvalue weighted by Gasteiger charge is -2.13. The Morgan fingerprint density at radius 2 is 2.07 bits per heavy atom. The smallest absolute Gasteiger partial charge is 0.115 e. The highest BCUT2D eigenvalue weighted by atomic mass is 32.2. The summed E-state index contributed by atoms with van der Waals surface area (Å²) in [7, 11) is 0. The van der Waals surface area contributed by atoms with Gasteiger partial charge in [-0.05, 0) is 12.8 Å². The molecule has 0 aliphatic heterocycles. The van der Waals surface area contributed by atoms with Gasteiger partial charge in [0.1, 0.15) is 6.33 Å². The summed E-state index contributed by atoms with van der Waals surface area (Å²) >= 11 is 1.75. The molecule has 0 saturated carbocycles. The van der Waals surface area contributed by atoms with E-state index < -0.39 is 0 Å². The van der Waals surface area contributed by atoms with Crippen LogP contribution in [-0.4, -0.2) is 26.9 Å². The monoisotopic (exact) mass is 212 g/mol. The summed E-state index contributed by atoms with van der Waals surface area (Å²) in [6, 6.07) is 0. The second-order valence-corrected chi connectivity index (χ2v) is 4.49. The first-order valence-electron chi connectivity index (χ1n) is 4.89. The topological polar surface area (TPSA) is 46.0 Å². The minimum Gasteiger partial charge on any atom is -0.396 e. The van der Waals surface area contributed by atoms with Gasteiger partial charge in [-0.25, -0.2) is 9.97 Å². The quantitative estimate of drug-likeness (QED) is 0.734. The molecule has 0 aliphatic rings. The van der Waals surface area contributed by atoms with E-state index in [0.29, 0.717) is 5.25 Å². The zero-order valence-corrected chi connectivity index (χ0v) is 9.20. The molecule has 0 spiro atoms. The van der Waals surface area contributed by atoms with Crippen LogP contribution in [0.15, 0.2) is 23.6 Å². The van der Waals surface area contributed by atoms with Crippen LogP contribution in [0.4, 0.5) is 0 Å². The Morgan fingerprint density at radius 3 is 2.64 bits per heavy atom. The Bertz CT molecular complexity index is 237. The fraction of sp³-hybridized carbons (Fsp3) is 0.600. The van der Waals surface area contributed by atoms with Crippen LogP contribution < -0.4 is 0 Å². The standard InChI is InChI=1S/C10H16N2OS/c1-2-3-9(4-5-13)14-10-6-11-8-12-7-10/h6-9,13H,2-5H2,1H3. The lowest BCUT2D eigenvalue weighted by molar-refractivity contribution is 0.285. The molecule has 1 rings (SSSR count). The minimum atomic E-state index is 0.255. The molecule has 1 aromatic heterocycles. The summed E-state index contributed by atoms with van der Waals surface area (Å²) in [5.41, 5.74) is 0. The molecule has 0 amide bonds. The number of aliphatic hydroxyl groups excluding tert-OH is 1. The molecule has 78 valence electrons. The predicted molar refractivity (Wildman–Crippen MR) is 58.3 cm³/mol. The van der Waals surface area contributed by atoms with Crippen LogP contribution in [0.5, 0.6) is 0 Å². The van der Waals surface area contributed by atoms with E-state index in [0.717, 1.165) is 24.2 Å². The maximum absolute atomic E-state index is 8.90. The van der Waals surface area contributed by atoms with Gasteiger partial charge in [-0.3, -0.25) is 0 Å². The molecule has 0 saturated heterocycles. The van der Waals surface area contributed by atoms with Crippen molar-refractivity contribution < 1.29 is 5.11 Å². The van der Waals surface area contributed by atoms with Gasteiger partial charge in [0.2, 0.25) is 0 Å². The molecule has 0 aromatic carbocycles. The van der Waals surface area contributed by atoms with E-state index in [1.807, 2.05) is 12.4 Å². The van der Waals surface area contributed by atoms with Gasteiger partial charge in [0, 0.05) is 29.1 Å². The summed E-state index contributed by atoms with van der Waals surface area (Å²) < 4.78 is 0. The maximum atomic E-state index is 8.90. The van der Waals surface area contributed by atoms with E-state index in [1.54, 1.807) is 11.8 Å². The lowest BCUT2D eigenvalue weighted by Crippen LogP contribution is -2.04. The molecule has 0 fully saturated rings. The lowest BCUT2D eigenvalue weighted by atomic mass is 10.2. The number of thioether (sulfide) groups is 1. The van der Waals surface area contributed by atoms with Crippen molar-refractivity contribution in [3.8, 4) is 0 Å². The predicted octanol–water partition coefficient (Wildman–Crippen LogP) is 2.12. The van der Waals surface area contributed by atoms with Crippen LogP contribution in [-0.2, 0) is 0 Å². The van der Waals surface area contributed by atoms with E-state index >= 15 is 0 Å². The molecule has 3 nitrogen and oxygen atoms in total. The van der Waals surface area contributed by atoms with Crippen LogP contribution >= 0.6 is 11.8 Å². The first kappa shape index (κ1) is 11.5. The highest BCUT2D eigenvalue weighted by molar-refractivity contribution is 8.00. The van der Waals surface area contributed by atoms with E-state index in [1.165, 1.54) is 6.33 Å². The van der Waals surface area contributed by atoms with Gasteiger partial charge in [-0.15, -0.1) is 11.8 Å². The van der Waals surface area contributed by atoms with Gasteiger partial charge in [0.25, 0.3) is 0 Å². The summed E-state index contributed by atoms with van der Waals surface area (Å²) in [6.45, 7) is 2.41. The molecule has 0 radical (unpaired) electrons. The van der Waals surface area contributed by atoms with Crippen LogP contribution in [0.25, 0.3) is 0 Å². The number of rotatable bonds is 6. The average Bonchev–Trinajstić information content (AvgIpc) is 2.20. The van der Waals surface area contributed by atoms with Crippen molar-refractivity contribution in [2.75, 3.05) is 6.61 Å². The molecule has 1 heterocycles. The highest BCUT2D eigenvalue weighted by Crippen LogP contribution is 2.26. The molecule has 0 bridgehead atoms. The van der Waals surface area contributed by atoms with Crippen molar-refractivity contribution in [3.05, 3.63) is 18.7 Å². The van der Waals surface area contributed by atoms with Crippen molar-refractivity contribution in [3.63, 3.8) is 0 Å². The zero-order chi connectivity index (χ0) is 10.2. The SMILES string of the molecule is CCCC(CCO)Sc1cncnc1. The van der Waals surface area contributed by atoms with Crippen molar-refractivity contribution in [2.24, 2.45) is 0 Å². The van der Waals surface area contributed by atoms with E-state index in [9.17, 15) is 0 Å². The van der Waals surface area contributed by atoms with Gasteiger partial charge >= 0.3 is 0 Å². The maximum Gasteiger partial charge on any atom is 0.115 e. The normalized spacial score (nSPS) is 12.7.